The van der Waals surface area contributed by atoms with Gasteiger partial charge in [-0.05, 0) is 24.6 Å². The fraction of sp³-hybridized carbons (Fsp3) is 0.267. The van der Waals surface area contributed by atoms with Gasteiger partial charge in [-0.3, -0.25) is 0 Å². The molecule has 0 aliphatic rings. The number of ether oxygens (including phenoxy) is 1. The SMILES string of the molecule is COc1ncccc1CNC(C)c1ccccc1Br. The molecule has 19 heavy (non-hydrogen) atoms. The average Bonchev–Trinajstić information content (AvgIpc) is 2.45. The molecule has 1 atom stereocenters. The van der Waals surface area contributed by atoms with E-state index in [1.165, 1.54) is 5.56 Å². The van der Waals surface area contributed by atoms with Crippen LogP contribution in [0.3, 0.4) is 0 Å². The van der Waals surface area contributed by atoms with Crippen LogP contribution in [0.5, 0.6) is 5.88 Å². The van der Waals surface area contributed by atoms with Crippen molar-refractivity contribution in [3.8, 4) is 5.88 Å². The van der Waals surface area contributed by atoms with E-state index in [0.29, 0.717) is 5.88 Å². The molecule has 0 bridgehead atoms. The first-order valence-electron chi connectivity index (χ1n) is 6.18. The van der Waals surface area contributed by atoms with E-state index in [-0.39, 0.29) is 6.04 Å². The Hall–Kier alpha value is -1.39. The topological polar surface area (TPSA) is 34.1 Å². The third-order valence-corrected chi connectivity index (χ3v) is 3.74. The van der Waals surface area contributed by atoms with Gasteiger partial charge >= 0.3 is 0 Å². The Morgan fingerprint density at radius 3 is 2.79 bits per heavy atom. The van der Waals surface area contributed by atoms with Crippen molar-refractivity contribution in [2.45, 2.75) is 19.5 Å². The summed E-state index contributed by atoms with van der Waals surface area (Å²) in [7, 11) is 1.64. The molecule has 3 nitrogen and oxygen atoms in total. The monoisotopic (exact) mass is 320 g/mol. The normalized spacial score (nSPS) is 12.2. The van der Waals surface area contributed by atoms with Gasteiger partial charge in [0.2, 0.25) is 5.88 Å². The Kier molecular flexibility index (Phi) is 4.93. The Bertz CT molecular complexity index is 545. The molecule has 0 fully saturated rings. The van der Waals surface area contributed by atoms with E-state index in [0.717, 1.165) is 16.6 Å². The fourth-order valence-electron chi connectivity index (χ4n) is 1.94. The molecule has 4 heteroatoms. The Morgan fingerprint density at radius 2 is 2.05 bits per heavy atom. The highest BCUT2D eigenvalue weighted by Gasteiger charge is 2.09. The second kappa shape index (κ2) is 6.68. The van der Waals surface area contributed by atoms with Gasteiger partial charge in [-0.15, -0.1) is 0 Å². The predicted octanol–water partition coefficient (Wildman–Crippen LogP) is 3.70. The zero-order chi connectivity index (χ0) is 13.7. The Morgan fingerprint density at radius 1 is 1.26 bits per heavy atom. The molecule has 100 valence electrons. The zero-order valence-electron chi connectivity index (χ0n) is 11.1. The standard InChI is InChI=1S/C15H17BrN2O/c1-11(13-7-3-4-8-14(13)16)18-10-12-6-5-9-17-15(12)19-2/h3-9,11,18H,10H2,1-2H3. The minimum Gasteiger partial charge on any atom is -0.481 e. The maximum absolute atomic E-state index is 5.25. The third kappa shape index (κ3) is 3.55. The minimum atomic E-state index is 0.250. The van der Waals surface area contributed by atoms with Crippen molar-refractivity contribution >= 4 is 15.9 Å². The largest absolute Gasteiger partial charge is 0.481 e. The van der Waals surface area contributed by atoms with E-state index >= 15 is 0 Å². The van der Waals surface area contributed by atoms with E-state index in [9.17, 15) is 0 Å². The molecule has 0 radical (unpaired) electrons. The zero-order valence-corrected chi connectivity index (χ0v) is 12.6. The van der Waals surface area contributed by atoms with E-state index in [1.54, 1.807) is 13.3 Å². The summed E-state index contributed by atoms with van der Waals surface area (Å²) >= 11 is 3.57. The molecule has 0 amide bonds. The first-order valence-corrected chi connectivity index (χ1v) is 6.97. The summed E-state index contributed by atoms with van der Waals surface area (Å²) in [6.45, 7) is 2.86. The van der Waals surface area contributed by atoms with Crippen LogP contribution in [0.2, 0.25) is 0 Å². The maximum Gasteiger partial charge on any atom is 0.217 e. The van der Waals surface area contributed by atoms with Crippen LogP contribution in [0.1, 0.15) is 24.1 Å². The lowest BCUT2D eigenvalue weighted by molar-refractivity contribution is 0.389. The molecule has 0 aliphatic carbocycles. The van der Waals surface area contributed by atoms with Gasteiger partial charge in [-0.2, -0.15) is 0 Å². The van der Waals surface area contributed by atoms with Gasteiger partial charge in [0.1, 0.15) is 0 Å². The van der Waals surface area contributed by atoms with Crippen LogP contribution >= 0.6 is 15.9 Å². The molecule has 1 unspecified atom stereocenters. The van der Waals surface area contributed by atoms with Crippen molar-refractivity contribution in [1.29, 1.82) is 0 Å². The van der Waals surface area contributed by atoms with E-state index in [4.69, 9.17) is 4.74 Å². The third-order valence-electron chi connectivity index (χ3n) is 3.01. The minimum absolute atomic E-state index is 0.250. The van der Waals surface area contributed by atoms with Crippen molar-refractivity contribution in [2.24, 2.45) is 0 Å². The second-order valence-corrected chi connectivity index (χ2v) is 5.15. The summed E-state index contributed by atoms with van der Waals surface area (Å²) in [5.41, 5.74) is 2.30. The van der Waals surface area contributed by atoms with Crippen LogP contribution in [0.25, 0.3) is 0 Å². The van der Waals surface area contributed by atoms with Gasteiger partial charge in [0.15, 0.2) is 0 Å². The lowest BCUT2D eigenvalue weighted by Gasteiger charge is -2.16. The lowest BCUT2D eigenvalue weighted by Crippen LogP contribution is -2.19. The Balaban J connectivity index is 2.04. The molecule has 1 N–H and O–H groups in total. The summed E-state index contributed by atoms with van der Waals surface area (Å²) in [4.78, 5) is 4.19. The van der Waals surface area contributed by atoms with E-state index in [1.807, 2.05) is 24.3 Å². The average molecular weight is 321 g/mol. The van der Waals surface area contributed by atoms with Crippen LogP contribution in [0, 0.1) is 0 Å². The number of halogens is 1. The molecular weight excluding hydrogens is 304 g/mol. The van der Waals surface area contributed by atoms with E-state index in [2.05, 4.69) is 45.3 Å². The molecule has 0 saturated heterocycles. The number of aromatic nitrogens is 1. The smallest absolute Gasteiger partial charge is 0.217 e. The number of nitrogens with zero attached hydrogens (tertiary/aromatic N) is 1. The van der Waals surface area contributed by atoms with E-state index < -0.39 is 0 Å². The molecule has 2 aromatic rings. The first kappa shape index (κ1) is 14.0. The molecule has 1 aromatic heterocycles. The molecule has 1 heterocycles. The van der Waals surface area contributed by atoms with Gasteiger partial charge < -0.3 is 10.1 Å². The summed E-state index contributed by atoms with van der Waals surface area (Å²) in [5.74, 6) is 0.675. The van der Waals surface area contributed by atoms with Crippen LogP contribution in [-0.2, 0) is 6.54 Å². The summed E-state index contributed by atoms with van der Waals surface area (Å²) in [5, 5.41) is 3.48. The van der Waals surface area contributed by atoms with Gasteiger partial charge in [0.05, 0.1) is 7.11 Å². The first-order chi connectivity index (χ1) is 9.22. The van der Waals surface area contributed by atoms with Gasteiger partial charge in [0, 0.05) is 28.8 Å². The lowest BCUT2D eigenvalue weighted by atomic mass is 10.1. The van der Waals surface area contributed by atoms with Crippen LogP contribution in [0.4, 0.5) is 0 Å². The predicted molar refractivity (Wildman–Crippen MR) is 80.2 cm³/mol. The van der Waals surface area contributed by atoms with Crippen molar-refractivity contribution in [3.05, 3.63) is 58.2 Å². The quantitative estimate of drug-likeness (QED) is 0.912. The van der Waals surface area contributed by atoms with Crippen molar-refractivity contribution in [3.63, 3.8) is 0 Å². The highest BCUT2D eigenvalue weighted by Crippen LogP contribution is 2.23. The van der Waals surface area contributed by atoms with Gasteiger partial charge in [0.25, 0.3) is 0 Å². The molecule has 0 spiro atoms. The second-order valence-electron chi connectivity index (χ2n) is 4.30. The summed E-state index contributed by atoms with van der Waals surface area (Å²) < 4.78 is 6.37. The van der Waals surface area contributed by atoms with Crippen molar-refractivity contribution < 1.29 is 4.74 Å². The number of pyridine rings is 1. The van der Waals surface area contributed by atoms with Crippen LogP contribution in [0.15, 0.2) is 47.1 Å². The van der Waals surface area contributed by atoms with Gasteiger partial charge in [-0.1, -0.05) is 40.2 Å². The number of hydrogen-bond acceptors (Lipinski definition) is 3. The molecular formula is C15H17BrN2O. The number of hydrogen-bond donors (Lipinski definition) is 1. The fourth-order valence-corrected chi connectivity index (χ4v) is 2.57. The highest BCUT2D eigenvalue weighted by atomic mass is 79.9. The van der Waals surface area contributed by atoms with Crippen LogP contribution < -0.4 is 10.1 Å². The number of rotatable bonds is 5. The van der Waals surface area contributed by atoms with Gasteiger partial charge in [-0.25, -0.2) is 4.98 Å². The molecule has 1 aromatic carbocycles. The summed E-state index contributed by atoms with van der Waals surface area (Å²) in [6.07, 6.45) is 1.74. The Labute approximate surface area is 122 Å². The highest BCUT2D eigenvalue weighted by molar-refractivity contribution is 9.10. The number of nitrogens with one attached hydrogen (secondary N) is 1. The van der Waals surface area contributed by atoms with Crippen molar-refractivity contribution in [1.82, 2.24) is 10.3 Å². The molecule has 0 saturated carbocycles. The summed E-state index contributed by atoms with van der Waals surface area (Å²) in [6, 6.07) is 12.4. The molecule has 2 rings (SSSR count). The maximum atomic E-state index is 5.25. The van der Waals surface area contributed by atoms with Crippen LogP contribution in [-0.4, -0.2) is 12.1 Å². The number of benzene rings is 1. The number of methoxy groups -OCH3 is 1. The van der Waals surface area contributed by atoms with Crippen molar-refractivity contribution in [2.75, 3.05) is 7.11 Å². The molecule has 0 aliphatic heterocycles.